The van der Waals surface area contributed by atoms with Gasteiger partial charge in [0, 0.05) is 6.07 Å². The van der Waals surface area contributed by atoms with Crippen LogP contribution in [-0.2, 0) is 4.74 Å². The molecular formula is C17H22FN5O2. The van der Waals surface area contributed by atoms with Crippen molar-refractivity contribution >= 4 is 17.6 Å². The van der Waals surface area contributed by atoms with Crippen LogP contribution in [0.1, 0.15) is 32.1 Å². The van der Waals surface area contributed by atoms with Crippen LogP contribution in [0.3, 0.4) is 0 Å². The van der Waals surface area contributed by atoms with Gasteiger partial charge in [-0.25, -0.2) is 9.38 Å². The zero-order valence-corrected chi connectivity index (χ0v) is 13.9. The average molecular weight is 347 g/mol. The summed E-state index contributed by atoms with van der Waals surface area (Å²) in [7, 11) is 0. The van der Waals surface area contributed by atoms with E-state index in [0.29, 0.717) is 24.7 Å². The van der Waals surface area contributed by atoms with E-state index in [9.17, 15) is 4.39 Å². The second-order valence-corrected chi connectivity index (χ2v) is 6.71. The van der Waals surface area contributed by atoms with Crippen molar-refractivity contribution in [1.82, 2.24) is 0 Å². The minimum Gasteiger partial charge on any atom is -0.483 e. The lowest BCUT2D eigenvalue weighted by atomic mass is 9.87. The van der Waals surface area contributed by atoms with Gasteiger partial charge in [-0.3, -0.25) is 4.90 Å². The molecule has 1 spiro atoms. The number of ether oxygens (including phenoxy) is 2. The highest BCUT2D eigenvalue weighted by Gasteiger charge is 2.44. The monoisotopic (exact) mass is 347 g/mol. The summed E-state index contributed by atoms with van der Waals surface area (Å²) in [6, 6.07) is 4.42. The van der Waals surface area contributed by atoms with Gasteiger partial charge in [0.25, 0.3) is 0 Å². The third-order valence-corrected chi connectivity index (χ3v) is 4.91. The number of hydrogen-bond acceptors (Lipinski definition) is 7. The molecule has 25 heavy (non-hydrogen) atoms. The number of nitrogens with two attached hydrogens (primary N) is 2. The molecule has 7 nitrogen and oxygen atoms in total. The summed E-state index contributed by atoms with van der Waals surface area (Å²) in [4.78, 5) is 10.5. The van der Waals surface area contributed by atoms with Gasteiger partial charge in [-0.2, -0.15) is 4.99 Å². The summed E-state index contributed by atoms with van der Waals surface area (Å²) >= 11 is 0. The van der Waals surface area contributed by atoms with Gasteiger partial charge in [0.1, 0.15) is 23.3 Å². The maximum atomic E-state index is 14.0. The van der Waals surface area contributed by atoms with Gasteiger partial charge in [0.05, 0.1) is 18.9 Å². The van der Waals surface area contributed by atoms with E-state index in [0.717, 1.165) is 32.1 Å². The molecule has 1 aromatic rings. The topological polar surface area (TPSA) is 98.5 Å². The largest absolute Gasteiger partial charge is 0.483 e. The Bertz CT molecular complexity index is 726. The molecule has 0 unspecified atom stereocenters. The molecule has 4 rings (SSSR count). The Morgan fingerprint density at radius 3 is 2.64 bits per heavy atom. The predicted molar refractivity (Wildman–Crippen MR) is 93.2 cm³/mol. The van der Waals surface area contributed by atoms with E-state index >= 15 is 0 Å². The second-order valence-electron chi connectivity index (χ2n) is 6.71. The van der Waals surface area contributed by atoms with Crippen LogP contribution in [0.5, 0.6) is 5.75 Å². The quantitative estimate of drug-likeness (QED) is 0.867. The van der Waals surface area contributed by atoms with Gasteiger partial charge >= 0.3 is 0 Å². The third-order valence-electron chi connectivity index (χ3n) is 4.91. The molecule has 1 saturated heterocycles. The van der Waals surface area contributed by atoms with Crippen LogP contribution < -0.4 is 21.1 Å². The molecule has 0 bridgehead atoms. The Morgan fingerprint density at radius 1 is 1.20 bits per heavy atom. The van der Waals surface area contributed by atoms with Gasteiger partial charge in [0.15, 0.2) is 0 Å². The number of anilines is 1. The van der Waals surface area contributed by atoms with Gasteiger partial charge in [-0.05, 0) is 37.8 Å². The predicted octanol–water partition coefficient (Wildman–Crippen LogP) is 1.71. The van der Waals surface area contributed by atoms with Gasteiger partial charge in [-0.15, -0.1) is 0 Å². The van der Waals surface area contributed by atoms with Crippen molar-refractivity contribution in [2.75, 3.05) is 18.1 Å². The fourth-order valence-corrected chi connectivity index (χ4v) is 3.70. The van der Waals surface area contributed by atoms with Crippen molar-refractivity contribution in [3.05, 3.63) is 24.0 Å². The standard InChI is InChI=1S/C17H22FN5O2/c18-11-4-5-14(25-12-9-24-10-12)13(8-11)23-16(20)21-15(19)22-17(23)6-2-1-3-7-17/h4-5,8,12H,1-3,6-7,9-10H2,(H4,19,20,21,22). The first-order chi connectivity index (χ1) is 12.1. The van der Waals surface area contributed by atoms with Gasteiger partial charge in [-0.1, -0.05) is 6.42 Å². The van der Waals surface area contributed by atoms with E-state index < -0.39 is 5.66 Å². The molecule has 134 valence electrons. The fourth-order valence-electron chi connectivity index (χ4n) is 3.70. The van der Waals surface area contributed by atoms with Crippen molar-refractivity contribution in [3.63, 3.8) is 0 Å². The minimum atomic E-state index is -0.629. The highest BCUT2D eigenvalue weighted by Crippen LogP contribution is 2.43. The van der Waals surface area contributed by atoms with E-state index in [1.165, 1.54) is 12.1 Å². The zero-order valence-electron chi connectivity index (χ0n) is 13.9. The van der Waals surface area contributed by atoms with Crippen LogP contribution in [0.4, 0.5) is 10.1 Å². The lowest BCUT2D eigenvalue weighted by Crippen LogP contribution is -2.58. The van der Waals surface area contributed by atoms with Crippen LogP contribution in [0.25, 0.3) is 0 Å². The molecule has 0 aromatic heterocycles. The summed E-state index contributed by atoms with van der Waals surface area (Å²) in [5.74, 6) is 0.568. The normalized spacial score (nSPS) is 23.0. The highest BCUT2D eigenvalue weighted by molar-refractivity contribution is 6.06. The maximum absolute atomic E-state index is 14.0. The lowest BCUT2D eigenvalue weighted by Gasteiger charge is -2.46. The van der Waals surface area contributed by atoms with Crippen LogP contribution in [0.15, 0.2) is 28.2 Å². The smallest absolute Gasteiger partial charge is 0.220 e. The summed E-state index contributed by atoms with van der Waals surface area (Å²) in [6.45, 7) is 1.05. The molecule has 2 aliphatic heterocycles. The van der Waals surface area contributed by atoms with Crippen LogP contribution in [0, 0.1) is 5.82 Å². The zero-order chi connectivity index (χ0) is 17.4. The number of benzene rings is 1. The minimum absolute atomic E-state index is 0.0389. The molecule has 1 aromatic carbocycles. The molecule has 0 atom stereocenters. The maximum Gasteiger partial charge on any atom is 0.220 e. The second kappa shape index (κ2) is 6.18. The van der Waals surface area contributed by atoms with Crippen LogP contribution in [-0.4, -0.2) is 36.9 Å². The number of halogens is 1. The first-order valence-electron chi connectivity index (χ1n) is 8.61. The fraction of sp³-hybridized carbons (Fsp3) is 0.529. The molecule has 3 aliphatic rings. The van der Waals surface area contributed by atoms with E-state index in [1.54, 1.807) is 11.0 Å². The van der Waals surface area contributed by atoms with E-state index in [-0.39, 0.29) is 23.8 Å². The summed E-state index contributed by atoms with van der Waals surface area (Å²) in [5, 5.41) is 0. The van der Waals surface area contributed by atoms with E-state index in [2.05, 4.69) is 9.98 Å². The number of rotatable bonds is 3. The number of nitrogens with zero attached hydrogens (tertiary/aromatic N) is 3. The summed E-state index contributed by atoms with van der Waals surface area (Å²) in [6.07, 6.45) is 4.67. The van der Waals surface area contributed by atoms with Crippen molar-refractivity contribution in [1.29, 1.82) is 0 Å². The molecule has 1 aliphatic carbocycles. The SMILES string of the molecule is NC1=NC2(CCCCC2)N(c2cc(F)ccc2OC2COC2)C(N)=N1. The molecule has 2 fully saturated rings. The molecule has 0 amide bonds. The molecule has 0 radical (unpaired) electrons. The Morgan fingerprint density at radius 2 is 1.96 bits per heavy atom. The molecule has 1 saturated carbocycles. The average Bonchev–Trinajstić information content (AvgIpc) is 2.52. The first-order valence-corrected chi connectivity index (χ1v) is 8.61. The number of guanidine groups is 2. The number of hydrogen-bond donors (Lipinski definition) is 2. The summed E-state index contributed by atoms with van der Waals surface area (Å²) in [5.41, 5.74) is 12.0. The van der Waals surface area contributed by atoms with Crippen molar-refractivity contribution in [2.24, 2.45) is 21.5 Å². The van der Waals surface area contributed by atoms with Crippen LogP contribution in [0.2, 0.25) is 0 Å². The van der Waals surface area contributed by atoms with Gasteiger partial charge < -0.3 is 20.9 Å². The van der Waals surface area contributed by atoms with E-state index in [1.807, 2.05) is 0 Å². The molecule has 2 heterocycles. The highest BCUT2D eigenvalue weighted by atomic mass is 19.1. The van der Waals surface area contributed by atoms with Crippen LogP contribution >= 0.6 is 0 Å². The Balaban J connectivity index is 1.77. The number of aliphatic imine (C=N–C) groups is 2. The van der Waals surface area contributed by atoms with Crippen molar-refractivity contribution in [3.8, 4) is 5.75 Å². The lowest BCUT2D eigenvalue weighted by molar-refractivity contribution is -0.0795. The molecular weight excluding hydrogens is 325 g/mol. The molecule has 8 heteroatoms. The van der Waals surface area contributed by atoms with Crippen molar-refractivity contribution in [2.45, 2.75) is 43.9 Å². The Hall–Kier alpha value is -2.35. The first kappa shape index (κ1) is 16.1. The third kappa shape index (κ3) is 2.90. The van der Waals surface area contributed by atoms with E-state index in [4.69, 9.17) is 20.9 Å². The molecule has 4 N–H and O–H groups in total. The van der Waals surface area contributed by atoms with Gasteiger partial charge in [0.2, 0.25) is 11.9 Å². The van der Waals surface area contributed by atoms with Crippen molar-refractivity contribution < 1.29 is 13.9 Å². The Labute approximate surface area is 145 Å². The Kier molecular flexibility index (Phi) is 3.99. The summed E-state index contributed by atoms with van der Waals surface area (Å²) < 4.78 is 25.2.